The Morgan fingerprint density at radius 2 is 1.96 bits per heavy atom. The largest absolute Gasteiger partial charge is 0.481 e. The van der Waals surface area contributed by atoms with Gasteiger partial charge >= 0.3 is 5.97 Å². The van der Waals surface area contributed by atoms with E-state index < -0.39 is 5.97 Å². The summed E-state index contributed by atoms with van der Waals surface area (Å²) in [6, 6.07) is 10.3. The fourth-order valence-corrected chi connectivity index (χ4v) is 3.53. The first-order chi connectivity index (χ1) is 13.6. The van der Waals surface area contributed by atoms with Crippen molar-refractivity contribution in [1.82, 2.24) is 10.2 Å². The molecule has 1 fully saturated rings. The fraction of sp³-hybridized carbons (Fsp3) is 0.571. The highest BCUT2D eigenvalue weighted by Crippen LogP contribution is 2.20. The molecule has 1 aromatic carbocycles. The second-order valence-corrected chi connectivity index (χ2v) is 7.47. The number of nitrogens with one attached hydrogen (secondary N) is 1. The number of carboxylic acid groups (broad SMARTS) is 1. The van der Waals surface area contributed by atoms with E-state index in [1.165, 1.54) is 5.56 Å². The molecule has 0 bridgehead atoms. The van der Waals surface area contributed by atoms with Crippen molar-refractivity contribution in [3.63, 3.8) is 0 Å². The van der Waals surface area contributed by atoms with Crippen molar-refractivity contribution in [3.8, 4) is 0 Å². The van der Waals surface area contributed by atoms with E-state index in [0.29, 0.717) is 37.7 Å². The number of likely N-dealkylation sites (tertiary alicyclic amines) is 1. The van der Waals surface area contributed by atoms with E-state index in [4.69, 9.17) is 22.1 Å². The van der Waals surface area contributed by atoms with Crippen LogP contribution in [0, 0.1) is 0 Å². The molecule has 1 aliphatic heterocycles. The van der Waals surface area contributed by atoms with Crippen LogP contribution >= 0.6 is 12.2 Å². The number of unbranched alkanes of at least 4 members (excludes halogenated alkanes) is 3. The number of ether oxygens (including phenoxy) is 1. The normalized spacial score (nSPS) is 16.2. The van der Waals surface area contributed by atoms with Gasteiger partial charge in [0.2, 0.25) is 5.91 Å². The van der Waals surface area contributed by atoms with Crippen molar-refractivity contribution in [2.24, 2.45) is 0 Å². The van der Waals surface area contributed by atoms with Crippen LogP contribution in [0.4, 0.5) is 0 Å². The molecule has 28 heavy (non-hydrogen) atoms. The summed E-state index contributed by atoms with van der Waals surface area (Å²) < 4.78 is 5.67. The lowest BCUT2D eigenvalue weighted by Gasteiger charge is -2.25. The van der Waals surface area contributed by atoms with Crippen LogP contribution in [0.25, 0.3) is 0 Å². The number of nitrogens with zero attached hydrogens (tertiary/aromatic N) is 1. The zero-order valence-corrected chi connectivity index (χ0v) is 17.1. The Hall–Kier alpha value is -2.15. The fourth-order valence-electron chi connectivity index (χ4n) is 3.36. The van der Waals surface area contributed by atoms with Crippen LogP contribution in [0.15, 0.2) is 30.3 Å². The maximum atomic E-state index is 12.1. The van der Waals surface area contributed by atoms with E-state index >= 15 is 0 Å². The molecule has 1 atom stereocenters. The molecule has 0 saturated carbocycles. The van der Waals surface area contributed by atoms with Crippen LogP contribution in [0.2, 0.25) is 0 Å². The molecule has 1 amide bonds. The Labute approximate surface area is 172 Å². The predicted molar refractivity (Wildman–Crippen MR) is 112 cm³/mol. The van der Waals surface area contributed by atoms with Crippen molar-refractivity contribution in [2.75, 3.05) is 19.7 Å². The number of rotatable bonds is 12. The summed E-state index contributed by atoms with van der Waals surface area (Å²) >= 11 is 5.24. The summed E-state index contributed by atoms with van der Waals surface area (Å²) in [6.07, 6.45) is 5.84. The van der Waals surface area contributed by atoms with E-state index in [9.17, 15) is 9.59 Å². The zero-order valence-electron chi connectivity index (χ0n) is 16.3. The highest BCUT2D eigenvalue weighted by molar-refractivity contribution is 7.80. The van der Waals surface area contributed by atoms with Crippen LogP contribution in [0.1, 0.15) is 50.5 Å². The third kappa shape index (κ3) is 8.25. The van der Waals surface area contributed by atoms with Crippen molar-refractivity contribution in [3.05, 3.63) is 35.9 Å². The molecule has 154 valence electrons. The molecule has 0 aromatic heterocycles. The van der Waals surface area contributed by atoms with Gasteiger partial charge in [0.05, 0.1) is 6.04 Å². The van der Waals surface area contributed by atoms with Gasteiger partial charge in [0, 0.05) is 25.9 Å². The number of hydrogen-bond acceptors (Lipinski definition) is 4. The molecule has 1 aliphatic rings. The first-order valence-electron chi connectivity index (χ1n) is 10.0. The minimum absolute atomic E-state index is 0.0698. The highest BCUT2D eigenvalue weighted by atomic mass is 32.1. The average Bonchev–Trinajstić information content (AvgIpc) is 3.03. The summed E-state index contributed by atoms with van der Waals surface area (Å²) in [5, 5.41) is 12.1. The van der Waals surface area contributed by atoms with Gasteiger partial charge in [-0.05, 0) is 43.5 Å². The number of benzene rings is 1. The molecule has 0 spiro atoms. The van der Waals surface area contributed by atoms with Crippen molar-refractivity contribution < 1.29 is 19.4 Å². The smallest absolute Gasteiger partial charge is 0.303 e. The van der Waals surface area contributed by atoms with E-state index in [1.54, 1.807) is 0 Å². The second-order valence-electron chi connectivity index (χ2n) is 7.10. The SMILES string of the molecule is O=C(O)CCCCCCN1C(=O)CCC1COC(=S)NCCc1ccccc1. The second kappa shape index (κ2) is 12.3. The van der Waals surface area contributed by atoms with Gasteiger partial charge in [0.15, 0.2) is 0 Å². The number of carbonyl (C=O) groups is 2. The monoisotopic (exact) mass is 406 g/mol. The standard InChI is InChI=1S/C21H30N2O4S/c24-19-12-11-18(23(19)15-7-2-1-6-10-20(25)26)16-27-21(28)22-14-13-17-8-4-3-5-9-17/h3-5,8-9,18H,1-2,6-7,10-16H2,(H,22,28)(H,25,26). The van der Waals surface area contributed by atoms with Crippen LogP contribution in [-0.2, 0) is 20.7 Å². The van der Waals surface area contributed by atoms with Crippen LogP contribution in [-0.4, -0.2) is 52.8 Å². The van der Waals surface area contributed by atoms with Crippen LogP contribution in [0.5, 0.6) is 0 Å². The Kier molecular flexibility index (Phi) is 9.76. The van der Waals surface area contributed by atoms with Gasteiger partial charge in [0.25, 0.3) is 5.17 Å². The van der Waals surface area contributed by atoms with E-state index in [-0.39, 0.29) is 18.4 Å². The van der Waals surface area contributed by atoms with E-state index in [2.05, 4.69) is 17.4 Å². The van der Waals surface area contributed by atoms with Crippen molar-refractivity contribution >= 4 is 29.3 Å². The molecule has 1 saturated heterocycles. The van der Waals surface area contributed by atoms with Crippen molar-refractivity contribution in [2.45, 2.75) is 57.4 Å². The van der Waals surface area contributed by atoms with E-state index in [0.717, 1.165) is 32.1 Å². The van der Waals surface area contributed by atoms with Gasteiger partial charge in [-0.25, -0.2) is 0 Å². The molecule has 1 heterocycles. The molecule has 0 radical (unpaired) electrons. The summed E-state index contributed by atoms with van der Waals surface area (Å²) in [6.45, 7) is 1.84. The lowest BCUT2D eigenvalue weighted by molar-refractivity contribution is -0.137. The molecule has 0 aliphatic carbocycles. The molecule has 1 aromatic rings. The quantitative estimate of drug-likeness (QED) is 0.410. The van der Waals surface area contributed by atoms with Gasteiger partial charge in [-0.15, -0.1) is 0 Å². The average molecular weight is 407 g/mol. The van der Waals surface area contributed by atoms with Gasteiger partial charge in [-0.2, -0.15) is 0 Å². The molecular weight excluding hydrogens is 376 g/mol. The maximum Gasteiger partial charge on any atom is 0.303 e. The lowest BCUT2D eigenvalue weighted by Crippen LogP contribution is -2.38. The number of thiocarbonyl (C=S) groups is 1. The maximum absolute atomic E-state index is 12.1. The summed E-state index contributed by atoms with van der Waals surface area (Å²) in [7, 11) is 0. The molecule has 6 nitrogen and oxygen atoms in total. The van der Waals surface area contributed by atoms with Crippen LogP contribution in [0.3, 0.4) is 0 Å². The molecule has 7 heteroatoms. The highest BCUT2D eigenvalue weighted by Gasteiger charge is 2.30. The third-order valence-electron chi connectivity index (χ3n) is 4.92. The molecule has 2 rings (SSSR count). The molecular formula is C21H30N2O4S. The summed E-state index contributed by atoms with van der Waals surface area (Å²) in [5.41, 5.74) is 1.24. The Morgan fingerprint density at radius 3 is 2.71 bits per heavy atom. The lowest BCUT2D eigenvalue weighted by atomic mass is 10.1. The van der Waals surface area contributed by atoms with E-state index in [1.807, 2.05) is 23.1 Å². The number of amides is 1. The number of carboxylic acids is 1. The van der Waals surface area contributed by atoms with Gasteiger partial charge in [-0.3, -0.25) is 9.59 Å². The number of aliphatic carboxylic acids is 1. The first-order valence-corrected chi connectivity index (χ1v) is 10.4. The molecule has 1 unspecified atom stereocenters. The topological polar surface area (TPSA) is 78.9 Å². The zero-order chi connectivity index (χ0) is 20.2. The Balaban J connectivity index is 1.61. The number of hydrogen-bond donors (Lipinski definition) is 2. The van der Waals surface area contributed by atoms with Gasteiger partial charge in [-0.1, -0.05) is 43.2 Å². The minimum Gasteiger partial charge on any atom is -0.481 e. The Bertz CT molecular complexity index is 639. The summed E-state index contributed by atoms with van der Waals surface area (Å²) in [5.74, 6) is -0.581. The predicted octanol–water partition coefficient (Wildman–Crippen LogP) is 3.15. The van der Waals surface area contributed by atoms with Crippen LogP contribution < -0.4 is 5.32 Å². The molecule has 2 N–H and O–H groups in total. The van der Waals surface area contributed by atoms with Gasteiger partial charge in [0.1, 0.15) is 6.61 Å². The Morgan fingerprint density at radius 1 is 1.21 bits per heavy atom. The minimum atomic E-state index is -0.750. The summed E-state index contributed by atoms with van der Waals surface area (Å²) in [4.78, 5) is 24.5. The number of carbonyl (C=O) groups excluding carboxylic acids is 1. The third-order valence-corrected chi connectivity index (χ3v) is 5.19. The van der Waals surface area contributed by atoms with Gasteiger partial charge < -0.3 is 20.1 Å². The first kappa shape index (κ1) is 22.1. The van der Waals surface area contributed by atoms with Crippen molar-refractivity contribution in [1.29, 1.82) is 0 Å².